The van der Waals surface area contributed by atoms with E-state index < -0.39 is 21.7 Å². The molecule has 2 fully saturated rings. The summed E-state index contributed by atoms with van der Waals surface area (Å²) in [6.07, 6.45) is -0.429. The Balaban J connectivity index is 1.62. The summed E-state index contributed by atoms with van der Waals surface area (Å²) in [7, 11) is -3.85. The molecule has 0 aromatic heterocycles. The minimum absolute atomic E-state index is 0.0993. The van der Waals surface area contributed by atoms with Crippen LogP contribution in [0.1, 0.15) is 37.5 Å². The first-order valence-corrected chi connectivity index (χ1v) is 12.2. The number of piperidine rings is 1. The van der Waals surface area contributed by atoms with E-state index in [4.69, 9.17) is 10.5 Å². The standard InChI is InChI=1S/C22H34N4O5S/c1-12-7-13(2)19(14(3)8-12)32(29,30)25-20(23)24-9-15-16-10-26(17(11-27)18(15)16)21(28)31-22(4,5)6/h7-8,15-18,27H,9-11H2,1-6H3,(H3,23,24,25)/t15-,16-,17-,18+/m1/s1. The number of carbonyl (C=O) groups excluding carboxylic acids is 1. The van der Waals surface area contributed by atoms with Crippen LogP contribution in [0.25, 0.3) is 0 Å². The highest BCUT2D eigenvalue weighted by atomic mass is 32.2. The third-order valence-electron chi connectivity index (χ3n) is 6.05. The van der Waals surface area contributed by atoms with Crippen molar-refractivity contribution in [3.8, 4) is 0 Å². The first-order valence-electron chi connectivity index (χ1n) is 10.8. The van der Waals surface area contributed by atoms with Gasteiger partial charge in [0.15, 0.2) is 0 Å². The van der Waals surface area contributed by atoms with Crippen LogP contribution in [0.3, 0.4) is 0 Å². The zero-order valence-corrected chi connectivity index (χ0v) is 20.4. The average molecular weight is 467 g/mol. The number of hydrogen-bond donors (Lipinski definition) is 3. The molecule has 1 aromatic carbocycles. The lowest BCUT2D eigenvalue weighted by Crippen LogP contribution is -2.44. The molecule has 1 heterocycles. The minimum atomic E-state index is -3.85. The smallest absolute Gasteiger partial charge is 0.410 e. The number of sulfonamides is 1. The fraction of sp³-hybridized carbons (Fsp3) is 0.636. The van der Waals surface area contributed by atoms with E-state index in [0.29, 0.717) is 24.2 Å². The highest BCUT2D eigenvalue weighted by Crippen LogP contribution is 2.55. The van der Waals surface area contributed by atoms with Crippen molar-refractivity contribution in [3.63, 3.8) is 0 Å². The summed E-state index contributed by atoms with van der Waals surface area (Å²) in [5, 5.41) is 9.82. The molecule has 1 aliphatic heterocycles. The number of likely N-dealkylation sites (tertiary alicyclic amines) is 1. The Morgan fingerprint density at radius 1 is 1.28 bits per heavy atom. The number of amides is 1. The lowest BCUT2D eigenvalue weighted by Gasteiger charge is -2.30. The van der Waals surface area contributed by atoms with Gasteiger partial charge in [-0.3, -0.25) is 4.99 Å². The van der Waals surface area contributed by atoms with Crippen LogP contribution in [0.5, 0.6) is 0 Å². The van der Waals surface area contributed by atoms with Crippen LogP contribution in [0, 0.1) is 38.5 Å². The van der Waals surface area contributed by atoms with E-state index in [1.807, 2.05) is 19.1 Å². The van der Waals surface area contributed by atoms with Crippen molar-refractivity contribution in [1.29, 1.82) is 0 Å². The van der Waals surface area contributed by atoms with Crippen molar-refractivity contribution in [2.24, 2.45) is 28.5 Å². The number of rotatable bonds is 5. The molecule has 10 heteroatoms. The van der Waals surface area contributed by atoms with E-state index in [9.17, 15) is 18.3 Å². The van der Waals surface area contributed by atoms with Crippen LogP contribution in [0.4, 0.5) is 4.79 Å². The van der Waals surface area contributed by atoms with Gasteiger partial charge in [0, 0.05) is 13.1 Å². The van der Waals surface area contributed by atoms with Gasteiger partial charge in [0.1, 0.15) is 5.60 Å². The van der Waals surface area contributed by atoms with Crippen molar-refractivity contribution >= 4 is 22.1 Å². The molecule has 1 amide bonds. The summed E-state index contributed by atoms with van der Waals surface area (Å²) >= 11 is 0. The molecule has 4 atom stereocenters. The molecule has 9 nitrogen and oxygen atoms in total. The van der Waals surface area contributed by atoms with Crippen LogP contribution < -0.4 is 10.5 Å². The number of aliphatic hydroxyl groups excluding tert-OH is 1. The van der Waals surface area contributed by atoms with E-state index in [-0.39, 0.29) is 41.3 Å². The molecule has 0 spiro atoms. The third kappa shape index (κ3) is 5.01. The number of nitrogens with zero attached hydrogens (tertiary/aromatic N) is 2. The molecule has 178 valence electrons. The molecule has 32 heavy (non-hydrogen) atoms. The fourth-order valence-electron chi connectivity index (χ4n) is 4.90. The monoisotopic (exact) mass is 466 g/mol. The van der Waals surface area contributed by atoms with E-state index in [1.165, 1.54) is 0 Å². The predicted molar refractivity (Wildman–Crippen MR) is 122 cm³/mol. The Labute approximate surface area is 190 Å². The number of nitrogens with one attached hydrogen (secondary N) is 1. The molecule has 1 aromatic rings. The van der Waals surface area contributed by atoms with Crippen LogP contribution in [0.15, 0.2) is 22.0 Å². The number of aryl methyl sites for hydroxylation is 3. The van der Waals surface area contributed by atoms with Crippen LogP contribution in [-0.2, 0) is 14.8 Å². The summed E-state index contributed by atoms with van der Waals surface area (Å²) in [6, 6.07) is 3.29. The van der Waals surface area contributed by atoms with E-state index in [2.05, 4.69) is 9.71 Å². The van der Waals surface area contributed by atoms with Crippen LogP contribution >= 0.6 is 0 Å². The van der Waals surface area contributed by atoms with Gasteiger partial charge in [0.2, 0.25) is 5.96 Å². The Kier molecular flexibility index (Phi) is 6.50. The number of guanidine groups is 1. The number of carbonyl (C=O) groups is 1. The molecule has 1 saturated carbocycles. The third-order valence-corrected chi connectivity index (χ3v) is 7.71. The summed E-state index contributed by atoms with van der Waals surface area (Å²) in [5.41, 5.74) is 7.57. The molecule has 4 N–H and O–H groups in total. The van der Waals surface area contributed by atoms with E-state index >= 15 is 0 Å². The number of aliphatic hydroxyl groups is 1. The first kappa shape index (κ1) is 24.3. The van der Waals surface area contributed by atoms with Crippen molar-refractivity contribution in [1.82, 2.24) is 9.62 Å². The van der Waals surface area contributed by atoms with Gasteiger partial charge in [-0.1, -0.05) is 17.7 Å². The molecule has 2 aliphatic rings. The SMILES string of the molecule is Cc1cc(C)c(S(=O)(=O)NC(N)=NC[C@@H]2[C@H]3CN(C(=O)OC(C)(C)C)[C@H](CO)[C@@H]23)c(C)c1. The van der Waals surface area contributed by atoms with Gasteiger partial charge in [-0.2, -0.15) is 0 Å². The van der Waals surface area contributed by atoms with Crippen molar-refractivity contribution in [2.75, 3.05) is 19.7 Å². The number of benzene rings is 1. The number of hydrogen-bond acceptors (Lipinski definition) is 6. The maximum atomic E-state index is 12.8. The zero-order valence-electron chi connectivity index (χ0n) is 19.5. The highest BCUT2D eigenvalue weighted by Gasteiger charge is 2.62. The molecular formula is C22H34N4O5S. The van der Waals surface area contributed by atoms with Crippen molar-refractivity contribution in [3.05, 3.63) is 28.8 Å². The van der Waals surface area contributed by atoms with Gasteiger partial charge in [-0.25, -0.2) is 17.9 Å². The molecule has 1 aliphatic carbocycles. The maximum absolute atomic E-state index is 12.8. The fourth-order valence-corrected chi connectivity index (χ4v) is 6.30. The van der Waals surface area contributed by atoms with Crippen molar-refractivity contribution < 1.29 is 23.1 Å². The molecule has 0 bridgehead atoms. The molecule has 0 unspecified atom stereocenters. The number of ether oxygens (including phenoxy) is 1. The quantitative estimate of drug-likeness (QED) is 0.446. The Bertz CT molecular complexity index is 1010. The Morgan fingerprint density at radius 3 is 2.41 bits per heavy atom. The zero-order chi connectivity index (χ0) is 24.0. The summed E-state index contributed by atoms with van der Waals surface area (Å²) in [5.74, 6) is 0.257. The van der Waals surface area contributed by atoms with E-state index in [1.54, 1.807) is 39.5 Å². The van der Waals surface area contributed by atoms with Gasteiger partial charge < -0.3 is 20.5 Å². The van der Waals surface area contributed by atoms with E-state index in [0.717, 1.165) is 5.56 Å². The van der Waals surface area contributed by atoms with Gasteiger partial charge >= 0.3 is 6.09 Å². The molecule has 1 saturated heterocycles. The number of fused-ring (bicyclic) bond motifs is 1. The summed E-state index contributed by atoms with van der Waals surface area (Å²) < 4.78 is 33.4. The average Bonchev–Trinajstić information content (AvgIpc) is 3.14. The second-order valence-electron chi connectivity index (χ2n) is 9.85. The summed E-state index contributed by atoms with van der Waals surface area (Å²) in [6.45, 7) is 11.5. The number of nitrogens with two attached hydrogens (primary N) is 1. The number of aliphatic imine (C=N–C) groups is 1. The van der Waals surface area contributed by atoms with Crippen molar-refractivity contribution in [2.45, 2.75) is 58.1 Å². The Morgan fingerprint density at radius 2 is 1.88 bits per heavy atom. The molecular weight excluding hydrogens is 432 g/mol. The molecule has 3 rings (SSSR count). The minimum Gasteiger partial charge on any atom is -0.444 e. The molecule has 0 radical (unpaired) electrons. The van der Waals surface area contributed by atoms with Gasteiger partial charge in [0.25, 0.3) is 10.0 Å². The van der Waals surface area contributed by atoms with Gasteiger partial charge in [0.05, 0.1) is 17.5 Å². The maximum Gasteiger partial charge on any atom is 0.410 e. The topological polar surface area (TPSA) is 134 Å². The lowest BCUT2D eigenvalue weighted by molar-refractivity contribution is 0.0118. The summed E-state index contributed by atoms with van der Waals surface area (Å²) in [4.78, 5) is 18.4. The highest BCUT2D eigenvalue weighted by molar-refractivity contribution is 7.90. The first-order chi connectivity index (χ1) is 14.7. The van der Waals surface area contributed by atoms with Gasteiger partial charge in [-0.15, -0.1) is 0 Å². The van der Waals surface area contributed by atoms with Gasteiger partial charge in [-0.05, 0) is 70.4 Å². The normalized spacial score (nSPS) is 25.5. The largest absolute Gasteiger partial charge is 0.444 e. The predicted octanol–water partition coefficient (Wildman–Crippen LogP) is 1.68. The second kappa shape index (κ2) is 8.55. The van der Waals surface area contributed by atoms with Crippen LogP contribution in [-0.4, -0.2) is 61.8 Å². The lowest BCUT2D eigenvalue weighted by atomic mass is 10.1. The van der Waals surface area contributed by atoms with Crippen LogP contribution in [0.2, 0.25) is 0 Å². The second-order valence-corrected chi connectivity index (χ2v) is 11.5. The Hall–Kier alpha value is -2.33.